The quantitative estimate of drug-likeness (QED) is 0.721. The summed E-state index contributed by atoms with van der Waals surface area (Å²) >= 11 is 5.78. The van der Waals surface area contributed by atoms with Crippen LogP contribution in [0.15, 0.2) is 6.20 Å². The van der Waals surface area contributed by atoms with Gasteiger partial charge in [0.2, 0.25) is 0 Å². The van der Waals surface area contributed by atoms with E-state index in [1.165, 1.54) is 0 Å². The van der Waals surface area contributed by atoms with Crippen LogP contribution >= 0.6 is 11.6 Å². The van der Waals surface area contributed by atoms with E-state index < -0.39 is 0 Å². The zero-order valence-electron chi connectivity index (χ0n) is 7.08. The second kappa shape index (κ2) is 3.89. The third kappa shape index (κ3) is 1.60. The van der Waals surface area contributed by atoms with Gasteiger partial charge in [0.05, 0.1) is 18.8 Å². The van der Waals surface area contributed by atoms with Crippen LogP contribution in [0.3, 0.4) is 0 Å². The molecule has 1 unspecified atom stereocenters. The van der Waals surface area contributed by atoms with E-state index in [0.717, 1.165) is 5.82 Å². The van der Waals surface area contributed by atoms with Crippen LogP contribution in [-0.2, 0) is 7.05 Å². The minimum absolute atomic E-state index is 0.0116. The van der Waals surface area contributed by atoms with Crippen molar-refractivity contribution in [3.63, 3.8) is 0 Å². The topological polar surface area (TPSA) is 50.1 Å². The summed E-state index contributed by atoms with van der Waals surface area (Å²) in [6, 6.07) is -0.150. The van der Waals surface area contributed by atoms with Gasteiger partial charge >= 0.3 is 0 Å². The van der Waals surface area contributed by atoms with Gasteiger partial charge in [-0.2, -0.15) is 0 Å². The van der Waals surface area contributed by atoms with Gasteiger partial charge in [0.1, 0.15) is 11.0 Å². The Kier molecular flexibility index (Phi) is 3.08. The van der Waals surface area contributed by atoms with E-state index in [2.05, 4.69) is 10.3 Å². The molecule has 0 fully saturated rings. The van der Waals surface area contributed by atoms with Crippen LogP contribution in [0.25, 0.3) is 0 Å². The lowest BCUT2D eigenvalue weighted by molar-refractivity contribution is 0.243. The van der Waals surface area contributed by atoms with Gasteiger partial charge < -0.3 is 15.0 Å². The third-order valence-corrected chi connectivity index (χ3v) is 2.16. The number of nitrogens with one attached hydrogen (secondary N) is 1. The minimum atomic E-state index is -0.150. The number of nitrogens with zero attached hydrogens (tertiary/aromatic N) is 2. The van der Waals surface area contributed by atoms with Gasteiger partial charge in [-0.3, -0.25) is 0 Å². The van der Waals surface area contributed by atoms with Crippen molar-refractivity contribution in [3.8, 4) is 0 Å². The smallest absolute Gasteiger partial charge is 0.129 e. The van der Waals surface area contributed by atoms with Crippen LogP contribution in [0.5, 0.6) is 0 Å². The molecule has 1 rings (SSSR count). The Balaban J connectivity index is 2.93. The second-order valence-corrected chi connectivity index (χ2v) is 2.91. The molecule has 1 aromatic rings. The number of aromatic nitrogens is 2. The summed E-state index contributed by atoms with van der Waals surface area (Å²) in [5.41, 5.74) is 0. The monoisotopic (exact) mass is 189 g/mol. The number of aliphatic hydroxyl groups excluding tert-OH is 1. The van der Waals surface area contributed by atoms with Crippen molar-refractivity contribution in [3.05, 3.63) is 17.2 Å². The number of likely N-dealkylation sites (N-methyl/N-ethyl adjacent to an activating group) is 1. The summed E-state index contributed by atoms with van der Waals surface area (Å²) in [7, 11) is 3.58. The molecule has 68 valence electrons. The Labute approximate surface area is 76.2 Å². The standard InChI is InChI=1S/C7H12ClN3O/c1-9-5(4-12)7-10-3-6(8)11(7)2/h3,5,9,12H,4H2,1-2H3. The number of hydrogen-bond acceptors (Lipinski definition) is 3. The predicted molar refractivity (Wildman–Crippen MR) is 47.1 cm³/mol. The average molecular weight is 190 g/mol. The molecule has 0 saturated carbocycles. The molecule has 0 radical (unpaired) electrons. The fourth-order valence-corrected chi connectivity index (χ4v) is 1.16. The lowest BCUT2D eigenvalue weighted by atomic mass is 10.3. The van der Waals surface area contributed by atoms with Crippen LogP contribution in [0, 0.1) is 0 Å². The lowest BCUT2D eigenvalue weighted by Gasteiger charge is -2.12. The lowest BCUT2D eigenvalue weighted by Crippen LogP contribution is -2.23. The first-order valence-electron chi connectivity index (χ1n) is 3.66. The molecule has 2 N–H and O–H groups in total. The van der Waals surface area contributed by atoms with Crippen molar-refractivity contribution in [2.45, 2.75) is 6.04 Å². The highest BCUT2D eigenvalue weighted by Gasteiger charge is 2.13. The van der Waals surface area contributed by atoms with Crippen LogP contribution in [0.1, 0.15) is 11.9 Å². The maximum atomic E-state index is 8.95. The number of imidazole rings is 1. The predicted octanol–water partition coefficient (Wildman–Crippen LogP) is 0.326. The Morgan fingerprint density at radius 1 is 1.83 bits per heavy atom. The molecular weight excluding hydrogens is 178 g/mol. The third-order valence-electron chi connectivity index (χ3n) is 1.81. The van der Waals surface area contributed by atoms with E-state index in [1.807, 2.05) is 7.05 Å². The number of halogens is 1. The van der Waals surface area contributed by atoms with Crippen LogP contribution in [-0.4, -0.2) is 28.3 Å². The summed E-state index contributed by atoms with van der Waals surface area (Å²) in [4.78, 5) is 4.07. The normalized spacial score (nSPS) is 13.3. The molecule has 0 aliphatic heterocycles. The number of aliphatic hydroxyl groups is 1. The number of hydrogen-bond donors (Lipinski definition) is 2. The summed E-state index contributed by atoms with van der Waals surface area (Å²) in [6.45, 7) is 0.0116. The molecule has 0 bridgehead atoms. The second-order valence-electron chi connectivity index (χ2n) is 2.52. The SMILES string of the molecule is CNC(CO)c1ncc(Cl)n1C. The molecule has 1 atom stereocenters. The molecule has 5 heteroatoms. The summed E-state index contributed by atoms with van der Waals surface area (Å²) in [5, 5.41) is 12.5. The first-order valence-corrected chi connectivity index (χ1v) is 4.03. The molecular formula is C7H12ClN3O. The van der Waals surface area contributed by atoms with E-state index in [9.17, 15) is 0 Å². The van der Waals surface area contributed by atoms with Gasteiger partial charge in [0.25, 0.3) is 0 Å². The Morgan fingerprint density at radius 2 is 2.50 bits per heavy atom. The largest absolute Gasteiger partial charge is 0.394 e. The van der Waals surface area contributed by atoms with Crippen molar-refractivity contribution in [1.82, 2.24) is 14.9 Å². The maximum absolute atomic E-state index is 8.95. The Hall–Kier alpha value is -0.580. The van der Waals surface area contributed by atoms with Crippen LogP contribution in [0.2, 0.25) is 5.15 Å². The van der Waals surface area contributed by atoms with Crippen LogP contribution in [0.4, 0.5) is 0 Å². The highest BCUT2D eigenvalue weighted by Crippen LogP contribution is 2.14. The van der Waals surface area contributed by atoms with Gasteiger partial charge in [0, 0.05) is 7.05 Å². The molecule has 12 heavy (non-hydrogen) atoms. The van der Waals surface area contributed by atoms with Gasteiger partial charge in [-0.25, -0.2) is 4.98 Å². The highest BCUT2D eigenvalue weighted by molar-refractivity contribution is 6.29. The van der Waals surface area contributed by atoms with Gasteiger partial charge in [-0.05, 0) is 7.05 Å². The zero-order valence-corrected chi connectivity index (χ0v) is 7.84. The molecule has 0 aromatic carbocycles. The van der Waals surface area contributed by atoms with E-state index in [0.29, 0.717) is 5.15 Å². The number of rotatable bonds is 3. The van der Waals surface area contributed by atoms with Gasteiger partial charge in [-0.1, -0.05) is 11.6 Å². The van der Waals surface area contributed by atoms with E-state index in [-0.39, 0.29) is 12.6 Å². The van der Waals surface area contributed by atoms with Crippen molar-refractivity contribution in [1.29, 1.82) is 0 Å². The molecule has 0 spiro atoms. The molecule has 0 saturated heterocycles. The Bertz CT molecular complexity index is 257. The van der Waals surface area contributed by atoms with Crippen molar-refractivity contribution >= 4 is 11.6 Å². The Morgan fingerprint density at radius 3 is 2.83 bits per heavy atom. The molecule has 1 aromatic heterocycles. The van der Waals surface area contributed by atoms with E-state index in [1.54, 1.807) is 17.8 Å². The fourth-order valence-electron chi connectivity index (χ4n) is 1.03. The van der Waals surface area contributed by atoms with E-state index >= 15 is 0 Å². The fraction of sp³-hybridized carbons (Fsp3) is 0.571. The average Bonchev–Trinajstić information content (AvgIpc) is 2.38. The summed E-state index contributed by atoms with van der Waals surface area (Å²) in [6.07, 6.45) is 1.57. The molecule has 1 heterocycles. The van der Waals surface area contributed by atoms with Crippen molar-refractivity contribution < 1.29 is 5.11 Å². The van der Waals surface area contributed by atoms with Crippen molar-refractivity contribution in [2.75, 3.05) is 13.7 Å². The highest BCUT2D eigenvalue weighted by atomic mass is 35.5. The van der Waals surface area contributed by atoms with Crippen molar-refractivity contribution in [2.24, 2.45) is 7.05 Å². The minimum Gasteiger partial charge on any atom is -0.394 e. The maximum Gasteiger partial charge on any atom is 0.129 e. The van der Waals surface area contributed by atoms with Crippen LogP contribution < -0.4 is 5.32 Å². The first kappa shape index (κ1) is 9.51. The molecule has 0 aliphatic rings. The summed E-state index contributed by atoms with van der Waals surface area (Å²) in [5.74, 6) is 0.741. The first-order chi connectivity index (χ1) is 5.70. The molecule has 4 nitrogen and oxygen atoms in total. The van der Waals surface area contributed by atoms with Gasteiger partial charge in [-0.15, -0.1) is 0 Å². The summed E-state index contributed by atoms with van der Waals surface area (Å²) < 4.78 is 1.74. The van der Waals surface area contributed by atoms with Gasteiger partial charge in [0.15, 0.2) is 0 Å². The van der Waals surface area contributed by atoms with E-state index in [4.69, 9.17) is 16.7 Å². The zero-order chi connectivity index (χ0) is 9.14. The molecule has 0 aliphatic carbocycles. The molecule has 0 amide bonds.